The fraction of sp³-hybridized carbons (Fsp3) is 0.438. The highest BCUT2D eigenvalue weighted by Crippen LogP contribution is 2.23. The Morgan fingerprint density at radius 2 is 2.04 bits per heavy atom. The summed E-state index contributed by atoms with van der Waals surface area (Å²) in [5.41, 5.74) is 0.973. The van der Waals surface area contributed by atoms with Crippen LogP contribution in [0.15, 0.2) is 23.0 Å². The van der Waals surface area contributed by atoms with Crippen molar-refractivity contribution in [1.82, 2.24) is 20.0 Å². The van der Waals surface area contributed by atoms with E-state index in [9.17, 15) is 14.4 Å². The van der Waals surface area contributed by atoms with Crippen molar-refractivity contribution in [2.24, 2.45) is 0 Å². The van der Waals surface area contributed by atoms with Crippen LogP contribution in [0, 0.1) is 0 Å². The topological polar surface area (TPSA) is 89.3 Å². The number of aromatic nitrogens is 2. The summed E-state index contributed by atoms with van der Waals surface area (Å²) in [6.45, 7) is 2.02. The molecule has 0 radical (unpaired) electrons. The Bertz CT molecular complexity index is 837. The molecule has 2 amide bonds. The molecule has 2 N–H and O–H groups in total. The highest BCUT2D eigenvalue weighted by atomic mass is 16.2. The maximum absolute atomic E-state index is 12.7. The lowest BCUT2D eigenvalue weighted by molar-refractivity contribution is -0.129. The van der Waals surface area contributed by atoms with Gasteiger partial charge in [-0.15, -0.1) is 0 Å². The third-order valence-corrected chi connectivity index (χ3v) is 4.82. The summed E-state index contributed by atoms with van der Waals surface area (Å²) in [6.07, 6.45) is 2.36. The Morgan fingerprint density at radius 1 is 1.17 bits per heavy atom. The zero-order valence-corrected chi connectivity index (χ0v) is 12.7. The maximum Gasteiger partial charge on any atom is 0.271 e. The van der Waals surface area contributed by atoms with Crippen LogP contribution in [0.1, 0.15) is 29.6 Å². The number of H-pyrrole nitrogens is 2. The fourth-order valence-electron chi connectivity index (χ4n) is 3.58. The van der Waals surface area contributed by atoms with Gasteiger partial charge in [-0.2, -0.15) is 0 Å². The van der Waals surface area contributed by atoms with Crippen LogP contribution in [0.3, 0.4) is 0 Å². The highest BCUT2D eigenvalue weighted by Gasteiger charge is 2.35. The number of likely N-dealkylation sites (tertiary alicyclic amines) is 2. The first-order valence-corrected chi connectivity index (χ1v) is 7.92. The van der Waals surface area contributed by atoms with Crippen molar-refractivity contribution in [3.05, 3.63) is 34.1 Å². The molecule has 2 fully saturated rings. The summed E-state index contributed by atoms with van der Waals surface area (Å²) in [6, 6.07) is 5.22. The van der Waals surface area contributed by atoms with Gasteiger partial charge in [-0.25, -0.2) is 0 Å². The molecule has 7 nitrogen and oxygen atoms in total. The number of rotatable bonds is 2. The van der Waals surface area contributed by atoms with Gasteiger partial charge in [0.15, 0.2) is 0 Å². The molecule has 3 heterocycles. The molecule has 0 spiro atoms. The minimum atomic E-state index is -0.225. The van der Waals surface area contributed by atoms with Gasteiger partial charge in [-0.05, 0) is 31.0 Å². The normalized spacial score (nSPS) is 21.6. The fourth-order valence-corrected chi connectivity index (χ4v) is 3.58. The van der Waals surface area contributed by atoms with Crippen molar-refractivity contribution in [3.63, 3.8) is 0 Å². The second-order valence-electron chi connectivity index (χ2n) is 6.22. The molecule has 2 aliphatic heterocycles. The molecule has 7 heteroatoms. The van der Waals surface area contributed by atoms with E-state index in [1.165, 1.54) is 0 Å². The second kappa shape index (κ2) is 5.26. The summed E-state index contributed by atoms with van der Waals surface area (Å²) in [7, 11) is 0. The van der Waals surface area contributed by atoms with Crippen LogP contribution in [0.4, 0.5) is 0 Å². The second-order valence-corrected chi connectivity index (χ2v) is 6.22. The van der Waals surface area contributed by atoms with E-state index in [1.54, 1.807) is 23.1 Å². The number of fused-ring (bicyclic) bond motifs is 1. The first kappa shape index (κ1) is 14.0. The zero-order chi connectivity index (χ0) is 16.0. The first-order chi connectivity index (χ1) is 11.1. The SMILES string of the molecule is O=C(c1ccc2[nH][nH]c(=O)c2c1)N1CCC(N2CCCC2=O)C1. The summed E-state index contributed by atoms with van der Waals surface area (Å²) < 4.78 is 0. The van der Waals surface area contributed by atoms with Crippen molar-refractivity contribution >= 4 is 22.7 Å². The molecule has 120 valence electrons. The van der Waals surface area contributed by atoms with Crippen LogP contribution in [0.25, 0.3) is 10.9 Å². The molecule has 0 saturated carbocycles. The lowest BCUT2D eigenvalue weighted by atomic mass is 10.1. The van der Waals surface area contributed by atoms with Crippen LogP contribution in [-0.2, 0) is 4.79 Å². The van der Waals surface area contributed by atoms with Crippen LogP contribution in [0.2, 0.25) is 0 Å². The van der Waals surface area contributed by atoms with E-state index in [2.05, 4.69) is 10.2 Å². The molecular weight excluding hydrogens is 296 g/mol. The molecule has 0 bridgehead atoms. The minimum Gasteiger partial charge on any atom is -0.338 e. The van der Waals surface area contributed by atoms with E-state index >= 15 is 0 Å². The van der Waals surface area contributed by atoms with Gasteiger partial charge in [0.25, 0.3) is 11.5 Å². The van der Waals surface area contributed by atoms with Crippen LogP contribution in [-0.4, -0.2) is 57.5 Å². The van der Waals surface area contributed by atoms with E-state index in [4.69, 9.17) is 0 Å². The molecule has 2 saturated heterocycles. The van der Waals surface area contributed by atoms with E-state index in [1.807, 2.05) is 4.90 Å². The van der Waals surface area contributed by atoms with E-state index in [0.717, 1.165) is 19.4 Å². The van der Waals surface area contributed by atoms with Crippen LogP contribution >= 0.6 is 0 Å². The van der Waals surface area contributed by atoms with Crippen molar-refractivity contribution in [3.8, 4) is 0 Å². The van der Waals surface area contributed by atoms with Gasteiger partial charge in [0.2, 0.25) is 5.91 Å². The first-order valence-electron chi connectivity index (χ1n) is 7.92. The van der Waals surface area contributed by atoms with Crippen molar-refractivity contribution in [2.75, 3.05) is 19.6 Å². The molecule has 23 heavy (non-hydrogen) atoms. The molecule has 4 rings (SSSR count). The average molecular weight is 314 g/mol. The van der Waals surface area contributed by atoms with Crippen molar-refractivity contribution < 1.29 is 9.59 Å². The largest absolute Gasteiger partial charge is 0.338 e. The van der Waals surface area contributed by atoms with Crippen LogP contribution in [0.5, 0.6) is 0 Å². The number of nitrogens with zero attached hydrogens (tertiary/aromatic N) is 2. The van der Waals surface area contributed by atoms with E-state index < -0.39 is 0 Å². The van der Waals surface area contributed by atoms with Gasteiger partial charge in [-0.1, -0.05) is 0 Å². The summed E-state index contributed by atoms with van der Waals surface area (Å²) in [5.74, 6) is 0.117. The zero-order valence-electron chi connectivity index (χ0n) is 12.7. The monoisotopic (exact) mass is 314 g/mol. The van der Waals surface area contributed by atoms with Gasteiger partial charge in [0, 0.05) is 31.6 Å². The predicted octanol–water partition coefficient (Wildman–Crippen LogP) is 0.693. The van der Waals surface area contributed by atoms with Gasteiger partial charge < -0.3 is 9.80 Å². The van der Waals surface area contributed by atoms with Gasteiger partial charge >= 0.3 is 0 Å². The van der Waals surface area contributed by atoms with E-state index in [0.29, 0.717) is 36.0 Å². The number of hydrogen-bond acceptors (Lipinski definition) is 3. The quantitative estimate of drug-likeness (QED) is 0.855. The number of benzene rings is 1. The summed E-state index contributed by atoms with van der Waals surface area (Å²) in [5, 5.41) is 5.76. The molecular formula is C16H18N4O3. The Labute approximate surface area is 132 Å². The molecule has 1 aromatic carbocycles. The number of aromatic amines is 2. The molecule has 2 aliphatic rings. The van der Waals surface area contributed by atoms with Crippen molar-refractivity contribution in [1.29, 1.82) is 0 Å². The minimum absolute atomic E-state index is 0.0818. The standard InChI is InChI=1S/C16H18N4O3/c21-14-2-1-6-20(14)11-5-7-19(9-11)16(23)10-3-4-13-12(8-10)15(22)18-17-13/h3-4,8,11H,1-2,5-7,9H2,(H2,17,18,22). The number of nitrogens with one attached hydrogen (secondary N) is 2. The van der Waals surface area contributed by atoms with E-state index in [-0.39, 0.29) is 23.4 Å². The molecule has 0 aliphatic carbocycles. The Morgan fingerprint density at radius 3 is 2.83 bits per heavy atom. The Balaban J connectivity index is 1.53. The molecule has 1 unspecified atom stereocenters. The lowest BCUT2D eigenvalue weighted by Gasteiger charge is -2.24. The number of carbonyl (C=O) groups is 2. The number of carbonyl (C=O) groups excluding carboxylic acids is 2. The van der Waals surface area contributed by atoms with Crippen LogP contribution < -0.4 is 5.56 Å². The summed E-state index contributed by atoms with van der Waals surface area (Å²) in [4.78, 5) is 39.9. The predicted molar refractivity (Wildman–Crippen MR) is 84.2 cm³/mol. The summed E-state index contributed by atoms with van der Waals surface area (Å²) >= 11 is 0. The molecule has 1 aromatic heterocycles. The third kappa shape index (κ3) is 2.32. The average Bonchev–Trinajstić information content (AvgIpc) is 3.27. The van der Waals surface area contributed by atoms with Gasteiger partial charge in [0.1, 0.15) is 0 Å². The highest BCUT2D eigenvalue weighted by molar-refractivity contribution is 5.98. The smallest absolute Gasteiger partial charge is 0.271 e. The molecule has 2 aromatic rings. The Hall–Kier alpha value is -2.57. The van der Waals surface area contributed by atoms with Crippen molar-refractivity contribution in [2.45, 2.75) is 25.3 Å². The number of hydrogen-bond donors (Lipinski definition) is 2. The van der Waals surface area contributed by atoms with Gasteiger partial charge in [-0.3, -0.25) is 24.6 Å². The Kier molecular flexibility index (Phi) is 3.21. The lowest BCUT2D eigenvalue weighted by Crippen LogP contribution is -2.39. The number of amides is 2. The van der Waals surface area contributed by atoms with Gasteiger partial charge in [0.05, 0.1) is 16.9 Å². The molecule has 1 atom stereocenters. The third-order valence-electron chi connectivity index (χ3n) is 4.82. The maximum atomic E-state index is 12.7.